The summed E-state index contributed by atoms with van der Waals surface area (Å²) in [5.74, 6) is 2.04. The van der Waals surface area contributed by atoms with Crippen LogP contribution in [0.4, 0.5) is 26.3 Å². The zero-order valence-corrected chi connectivity index (χ0v) is 75.4. The molecule has 4 amide bonds. The van der Waals surface area contributed by atoms with Crippen LogP contribution in [0, 0.1) is 5.92 Å². The first-order chi connectivity index (χ1) is 59.7. The van der Waals surface area contributed by atoms with Crippen molar-refractivity contribution in [2.45, 2.75) is 215 Å². The third-order valence-corrected chi connectivity index (χ3v) is 30.1. The van der Waals surface area contributed by atoms with E-state index < -0.39 is 30.0 Å². The molecule has 8 aliphatic heterocycles. The number of Topliss-reactive ketones (excluding diaryl/α,β-unsaturated/α-hetero) is 1. The monoisotopic (exact) mass is 1760 g/mol. The Balaban J connectivity index is 0.000000129. The van der Waals surface area contributed by atoms with E-state index in [1.165, 1.54) is 70.9 Å². The van der Waals surface area contributed by atoms with Gasteiger partial charge >= 0.3 is 12.4 Å². The van der Waals surface area contributed by atoms with Crippen molar-refractivity contribution in [1.82, 2.24) is 57.5 Å². The Morgan fingerprint density at radius 1 is 0.432 bits per heavy atom. The van der Waals surface area contributed by atoms with Crippen LogP contribution in [-0.4, -0.2) is 214 Å². The molecule has 0 radical (unpaired) electrons. The molecule has 0 atom stereocenters. The fraction of sp³-hybridized carbons (Fsp3) is 0.541. The average molecular weight is 1770 g/mol. The number of piperidine rings is 4. The number of carbonyl (C=O) groups is 5. The first kappa shape index (κ1) is 91.1. The number of likely N-dealkylation sites (tertiary alicyclic amines) is 4. The van der Waals surface area contributed by atoms with Gasteiger partial charge < -0.3 is 47.3 Å². The summed E-state index contributed by atoms with van der Waals surface area (Å²) in [5.41, 5.74) is 11.3. The van der Waals surface area contributed by atoms with E-state index in [4.69, 9.17) is 32.7 Å². The van der Waals surface area contributed by atoms with Gasteiger partial charge in [0, 0.05) is 156 Å². The van der Waals surface area contributed by atoms with Crippen molar-refractivity contribution in [2.75, 3.05) is 120 Å². The maximum Gasteiger partial charge on any atom is 0.431 e. The molecule has 125 heavy (non-hydrogen) atoms. The molecule has 0 bridgehead atoms. The molecule has 672 valence electrons. The fourth-order valence-electron chi connectivity index (χ4n) is 21.4. The fourth-order valence-corrected chi connectivity index (χ4v) is 21.9. The van der Waals surface area contributed by atoms with Crippen LogP contribution in [0.2, 0.25) is 10.3 Å². The number of ketones is 1. The summed E-state index contributed by atoms with van der Waals surface area (Å²) in [7, 11) is 10.1. The smallest absolute Gasteiger partial charge is 0.431 e. The van der Waals surface area contributed by atoms with Gasteiger partial charge in [-0.25, -0.2) is 0 Å². The number of nitrogens with zero attached hydrogens (tertiary/aromatic N) is 12. The third kappa shape index (κ3) is 18.7. The number of ether oxygens (including phenoxy) is 2. The van der Waals surface area contributed by atoms with Crippen LogP contribution in [0.3, 0.4) is 0 Å². The minimum Gasteiger partial charge on any atom is -0.496 e. The van der Waals surface area contributed by atoms with Gasteiger partial charge in [-0.2, -0.15) is 26.3 Å². The molecule has 2 aliphatic carbocycles. The molecular formula is C98H122Cl2F6N12O7. The van der Waals surface area contributed by atoms with Gasteiger partial charge in [-0.05, 0) is 242 Å². The number of carbonyl (C=O) groups excluding carboxylic acids is 5. The van der Waals surface area contributed by atoms with Gasteiger partial charge in [-0.3, -0.25) is 43.6 Å². The lowest BCUT2D eigenvalue weighted by molar-refractivity contribution is -0.146. The molecule has 10 aliphatic rings. The van der Waals surface area contributed by atoms with Gasteiger partial charge in [0.1, 0.15) is 21.7 Å². The van der Waals surface area contributed by atoms with E-state index in [-0.39, 0.29) is 70.6 Å². The van der Waals surface area contributed by atoms with Crippen LogP contribution in [0.15, 0.2) is 140 Å². The van der Waals surface area contributed by atoms with E-state index in [0.717, 1.165) is 161 Å². The molecule has 4 saturated heterocycles. The Morgan fingerprint density at radius 2 is 0.816 bits per heavy atom. The Kier molecular flexibility index (Phi) is 27.1. The van der Waals surface area contributed by atoms with Crippen LogP contribution < -0.4 is 4.74 Å². The van der Waals surface area contributed by atoms with Crippen molar-refractivity contribution in [3.63, 3.8) is 0 Å². The van der Waals surface area contributed by atoms with E-state index in [0.29, 0.717) is 80.6 Å². The highest BCUT2D eigenvalue weighted by Crippen LogP contribution is 2.49. The van der Waals surface area contributed by atoms with Crippen LogP contribution in [-0.2, 0) is 77.7 Å². The molecule has 0 unspecified atom stereocenters. The van der Waals surface area contributed by atoms with Crippen molar-refractivity contribution in [3.8, 4) is 5.75 Å². The number of alkyl halides is 6. The molecule has 18 rings (SSSR count). The number of likely N-dealkylation sites (N-methyl/N-ethyl adjacent to an activating group) is 4. The number of benzene rings is 4. The van der Waals surface area contributed by atoms with Crippen LogP contribution in [0.25, 0.3) is 0 Å². The first-order valence-corrected chi connectivity index (χ1v) is 45.8. The highest BCUT2D eigenvalue weighted by Gasteiger charge is 2.51. The minimum atomic E-state index is -4.37. The largest absolute Gasteiger partial charge is 0.496 e. The summed E-state index contributed by atoms with van der Waals surface area (Å²) < 4.78 is 95.7. The van der Waals surface area contributed by atoms with Gasteiger partial charge in [-0.1, -0.05) is 113 Å². The molecule has 19 nitrogen and oxygen atoms in total. The summed E-state index contributed by atoms with van der Waals surface area (Å²) in [5, 5.41) is 1.65. The lowest BCUT2D eigenvalue weighted by atomic mass is 9.81. The first-order valence-electron chi connectivity index (χ1n) is 45.0. The highest BCUT2D eigenvalue weighted by atomic mass is 35.5. The average Bonchev–Trinajstić information content (AvgIpc) is 1.42. The molecule has 12 heterocycles. The molecule has 6 fully saturated rings. The van der Waals surface area contributed by atoms with Crippen LogP contribution >= 0.6 is 23.2 Å². The predicted molar refractivity (Wildman–Crippen MR) is 474 cm³/mol. The Bertz CT molecular complexity index is 5140. The van der Waals surface area contributed by atoms with Crippen molar-refractivity contribution >= 4 is 52.6 Å². The quantitative estimate of drug-likeness (QED) is 0.0617. The topological polar surface area (TPSA) is 149 Å². The SMILES string of the molecule is CCc1ccc(C(=O)N2CCC3(CC2)c2ccc(C(F)(F)F)n2CCN3C)cc1OC.CN1CCn2c(C(=O)C3CC3)ccc2C12CCN(C(=O)c1ccc(COCCC(F)(F)F)cc1)CC2.CN1CCn2c(Cl)ccc2C12CCN(C(=O)c1ccc(C(C)(C)C)cc1)CC2.CN1CCn2c(Cl)ccc2C12CCN(C(=O)c1ccc(C3CCCCC3)cc1)CC2. The third-order valence-electron chi connectivity index (χ3n) is 29.4. The van der Waals surface area contributed by atoms with Gasteiger partial charge in [0.2, 0.25) is 0 Å². The molecule has 4 aromatic heterocycles. The number of halogens is 8. The Morgan fingerprint density at radius 3 is 1.23 bits per heavy atom. The number of fused-ring (bicyclic) bond motifs is 8. The summed E-state index contributed by atoms with van der Waals surface area (Å²) in [4.78, 5) is 82.5. The van der Waals surface area contributed by atoms with E-state index in [1.807, 2.05) is 83.3 Å². The zero-order valence-electron chi connectivity index (χ0n) is 73.9. The van der Waals surface area contributed by atoms with E-state index in [2.05, 4.69) is 118 Å². The van der Waals surface area contributed by atoms with Crippen LogP contribution in [0.5, 0.6) is 5.75 Å². The maximum absolute atomic E-state index is 13.4. The van der Waals surface area contributed by atoms with Crippen molar-refractivity contribution in [3.05, 3.63) is 229 Å². The number of aromatic nitrogens is 4. The minimum absolute atomic E-state index is 0.00693. The van der Waals surface area contributed by atoms with Crippen LogP contribution in [0.1, 0.15) is 239 Å². The summed E-state index contributed by atoms with van der Waals surface area (Å²) in [6, 6.07) is 44.3. The van der Waals surface area contributed by atoms with E-state index in [9.17, 15) is 50.3 Å². The van der Waals surface area contributed by atoms with Gasteiger partial charge in [0.25, 0.3) is 23.6 Å². The molecular weight excluding hydrogens is 1640 g/mol. The number of aryl methyl sites for hydroxylation is 1. The Labute approximate surface area is 741 Å². The van der Waals surface area contributed by atoms with Gasteiger partial charge in [0.15, 0.2) is 5.78 Å². The predicted octanol–water partition coefficient (Wildman–Crippen LogP) is 18.6. The van der Waals surface area contributed by atoms with Crippen molar-refractivity contribution < 1.29 is 59.8 Å². The lowest BCUT2D eigenvalue weighted by Crippen LogP contribution is -2.56. The van der Waals surface area contributed by atoms with Gasteiger partial charge in [0.05, 0.1) is 54.6 Å². The second kappa shape index (κ2) is 37.2. The molecule has 27 heteroatoms. The number of hydrogen-bond acceptors (Lipinski definition) is 11. The molecule has 2 saturated carbocycles. The number of hydrogen-bond donors (Lipinski definition) is 0. The molecule has 8 aromatic rings. The summed E-state index contributed by atoms with van der Waals surface area (Å²) in [6.45, 7) is 20.0. The summed E-state index contributed by atoms with van der Waals surface area (Å²) >= 11 is 12.8. The van der Waals surface area contributed by atoms with Crippen molar-refractivity contribution in [1.29, 1.82) is 0 Å². The van der Waals surface area contributed by atoms with E-state index >= 15 is 0 Å². The molecule has 0 N–H and O–H groups in total. The van der Waals surface area contributed by atoms with Crippen molar-refractivity contribution in [2.24, 2.45) is 5.92 Å². The molecule has 4 aromatic carbocycles. The number of methoxy groups -OCH3 is 1. The lowest BCUT2D eigenvalue weighted by Gasteiger charge is -2.50. The maximum atomic E-state index is 13.4. The second-order valence-electron chi connectivity index (χ2n) is 37.3. The highest BCUT2D eigenvalue weighted by molar-refractivity contribution is 6.30. The Hall–Kier alpha value is -8.69. The summed E-state index contributed by atoms with van der Waals surface area (Å²) in [6.07, 6.45) is 6.44. The number of amides is 4. The number of rotatable bonds is 13. The van der Waals surface area contributed by atoms with Gasteiger partial charge in [-0.15, -0.1) is 0 Å². The second-order valence-corrected chi connectivity index (χ2v) is 38.1. The normalized spacial score (nSPS) is 20.2. The standard InChI is InChI=1S/C27H32F3N3O3.C25H32ClN3O.C23H30ClN3O.C23H28F3N3O2/c1-31-15-16-33-22(24(34)20-6-7-20)8-9-23(33)26(31)10-13-32(14-11-26)25(35)21-4-2-19(3-5-21)18-36-17-12-27(28,29)30;1-27-17-18-29-22(11-12-23(29)26)25(27)13-15-28(16-14-25)24(30)21-9-7-20(8-10-21)19-5-3-2-4-6-19;1-22(2,3)18-7-5-17(6-8-18)21(28)26-13-11-23(12-14-26)19-9-10-20(24)27(19)16-15-25(23)4;1-4-16-5-6-17(15-18(16)31-3)21(30)28-11-9-22(10-12-28)19-7-8-20(23(24,25)26)29(19)14-13-27(22)2/h2-5,8-9,20H,6-7,10-18H2,1H3;7-12,19H,2-6,13-18H2,1H3;5-10H,11-16H2,1-4H3;5-8,15H,4,9-14H2,1-3H3. The zero-order chi connectivity index (χ0) is 88.7. The molecule has 4 spiro atoms. The van der Waals surface area contributed by atoms with E-state index in [1.54, 1.807) is 48.4 Å².